The van der Waals surface area contributed by atoms with Gasteiger partial charge >= 0.3 is 6.08 Å². The molecule has 0 aliphatic heterocycles. The van der Waals surface area contributed by atoms with E-state index in [-0.39, 0.29) is 0 Å². The molecule has 0 saturated heterocycles. The lowest BCUT2D eigenvalue weighted by Gasteiger charge is -2.06. The highest BCUT2D eigenvalue weighted by molar-refractivity contribution is 5.55. The molecule has 0 atom stereocenters. The van der Waals surface area contributed by atoms with E-state index in [1.807, 2.05) is 57.2 Å². The Kier molecular flexibility index (Phi) is 5.37. The highest BCUT2D eigenvalue weighted by atomic mass is 16.1. The Labute approximate surface area is 135 Å². The van der Waals surface area contributed by atoms with Crippen LogP contribution in [0.3, 0.4) is 0 Å². The van der Waals surface area contributed by atoms with E-state index in [1.54, 1.807) is 16.7 Å². The number of rotatable bonds is 5. The van der Waals surface area contributed by atoms with E-state index in [4.69, 9.17) is 0 Å². The van der Waals surface area contributed by atoms with Crippen LogP contribution in [0.4, 0.5) is 11.4 Å². The maximum Gasteiger partial charge on any atom is 0.430 e. The van der Waals surface area contributed by atoms with Crippen molar-refractivity contribution in [2.75, 3.05) is 6.54 Å². The van der Waals surface area contributed by atoms with Crippen LogP contribution >= 0.6 is 0 Å². The van der Waals surface area contributed by atoms with Gasteiger partial charge in [-0.2, -0.15) is 9.79 Å². The normalized spacial score (nSPS) is 9.87. The molecule has 0 heterocycles. The molecule has 0 spiro atoms. The molecule has 0 fully saturated rings. The number of nitrogens with zero attached hydrogens (tertiary/aromatic N) is 2. The van der Waals surface area contributed by atoms with E-state index >= 15 is 0 Å². The zero-order chi connectivity index (χ0) is 16.8. The predicted octanol–water partition coefficient (Wildman–Crippen LogP) is 3.80. The third kappa shape index (κ3) is 3.89. The number of benzene rings is 2. The van der Waals surface area contributed by atoms with Crippen LogP contribution in [0.1, 0.15) is 22.3 Å². The molecule has 4 heteroatoms. The van der Waals surface area contributed by atoms with Crippen molar-refractivity contribution < 1.29 is 14.2 Å². The fraction of sp³-hybridized carbons (Fsp3) is 0.263. The Balaban J connectivity index is 2.22. The van der Waals surface area contributed by atoms with Crippen LogP contribution in [0.25, 0.3) is 0 Å². The average Bonchev–Trinajstić information content (AvgIpc) is 2.54. The average molecular weight is 307 g/mol. The number of carbonyl (C=O) groups excluding carboxylic acids is 2. The molecule has 0 N–H and O–H groups in total. The molecule has 0 amide bonds. The molecule has 0 aliphatic carbocycles. The van der Waals surface area contributed by atoms with Crippen molar-refractivity contribution in [2.24, 2.45) is 4.99 Å². The predicted molar refractivity (Wildman–Crippen MR) is 89.1 cm³/mol. The van der Waals surface area contributed by atoms with Crippen LogP contribution in [0, 0.1) is 20.8 Å². The quantitative estimate of drug-likeness (QED) is 0.479. The maximum atomic E-state index is 11.3. The van der Waals surface area contributed by atoms with Crippen molar-refractivity contribution in [3.05, 3.63) is 58.7 Å². The lowest BCUT2D eigenvalue weighted by atomic mass is 10.0. The standard InChI is InChI=1S/C19H19N2O2/c1-14-7-8-18(11-15(14)2)21(13-23)10-9-17-5-4-6-19(16(17)3)20-12-22/h4-8,11H,9-10H2,1-3H3/q+1. The fourth-order valence-electron chi connectivity index (χ4n) is 2.46. The third-order valence-electron chi connectivity index (χ3n) is 4.10. The number of hydrogen-bond acceptors (Lipinski definition) is 3. The molecule has 0 saturated carbocycles. The van der Waals surface area contributed by atoms with Gasteiger partial charge in [0.1, 0.15) is 0 Å². The van der Waals surface area contributed by atoms with Gasteiger partial charge in [-0.05, 0) is 49.1 Å². The fourth-order valence-corrected chi connectivity index (χ4v) is 2.46. The molecule has 0 radical (unpaired) electrons. The van der Waals surface area contributed by atoms with Crippen molar-refractivity contribution in [3.63, 3.8) is 0 Å². The van der Waals surface area contributed by atoms with Gasteiger partial charge in [0, 0.05) is 18.6 Å². The summed E-state index contributed by atoms with van der Waals surface area (Å²) in [5, 5.41) is 0. The molecule has 2 aromatic rings. The molecule has 23 heavy (non-hydrogen) atoms. The molecule has 2 rings (SSSR count). The maximum absolute atomic E-state index is 11.3. The van der Waals surface area contributed by atoms with Crippen LogP contribution in [-0.2, 0) is 16.0 Å². The molecule has 0 aromatic heterocycles. The van der Waals surface area contributed by atoms with Gasteiger partial charge in [0.2, 0.25) is 11.8 Å². The van der Waals surface area contributed by atoms with E-state index in [2.05, 4.69) is 4.99 Å². The first-order valence-corrected chi connectivity index (χ1v) is 7.45. The Morgan fingerprint density at radius 3 is 2.48 bits per heavy atom. The van der Waals surface area contributed by atoms with Crippen LogP contribution in [-0.4, -0.2) is 23.3 Å². The summed E-state index contributed by atoms with van der Waals surface area (Å²) in [4.78, 5) is 25.4. The van der Waals surface area contributed by atoms with Crippen molar-refractivity contribution in [1.82, 2.24) is 0 Å². The highest BCUT2D eigenvalue weighted by Gasteiger charge is 2.13. The van der Waals surface area contributed by atoms with E-state index in [0.29, 0.717) is 18.7 Å². The van der Waals surface area contributed by atoms with E-state index in [9.17, 15) is 9.59 Å². The monoisotopic (exact) mass is 307 g/mol. The van der Waals surface area contributed by atoms with Gasteiger partial charge in [-0.3, -0.25) is 0 Å². The van der Waals surface area contributed by atoms with Gasteiger partial charge in [-0.1, -0.05) is 18.2 Å². The van der Waals surface area contributed by atoms with Gasteiger partial charge in [0.15, 0.2) is 6.54 Å². The summed E-state index contributed by atoms with van der Waals surface area (Å²) in [7, 11) is 0. The number of aryl methyl sites for hydroxylation is 2. The molecule has 0 unspecified atom stereocenters. The molecule has 116 valence electrons. The SMILES string of the molecule is Cc1ccc([N+](=C=O)CCc2cccc(N=C=O)c2C)cc1C. The van der Waals surface area contributed by atoms with Crippen LogP contribution < -0.4 is 0 Å². The van der Waals surface area contributed by atoms with Crippen molar-refractivity contribution in [2.45, 2.75) is 27.2 Å². The topological polar surface area (TPSA) is 49.5 Å². The number of isocyanates is 2. The van der Waals surface area contributed by atoms with Crippen LogP contribution in [0.15, 0.2) is 41.4 Å². The van der Waals surface area contributed by atoms with Crippen molar-refractivity contribution in [3.8, 4) is 0 Å². The van der Waals surface area contributed by atoms with Crippen molar-refractivity contribution in [1.29, 1.82) is 0 Å². The largest absolute Gasteiger partial charge is 0.430 e. The summed E-state index contributed by atoms with van der Waals surface area (Å²) in [6.45, 7) is 6.49. The van der Waals surface area contributed by atoms with Gasteiger partial charge in [-0.25, -0.2) is 4.79 Å². The molecule has 0 aliphatic rings. The summed E-state index contributed by atoms with van der Waals surface area (Å²) >= 11 is 0. The lowest BCUT2D eigenvalue weighted by molar-refractivity contribution is -0.437. The van der Waals surface area contributed by atoms with Crippen molar-refractivity contribution >= 4 is 23.5 Å². The second-order valence-corrected chi connectivity index (χ2v) is 5.53. The summed E-state index contributed by atoms with van der Waals surface area (Å²) in [5.41, 5.74) is 5.76. The highest BCUT2D eigenvalue weighted by Crippen LogP contribution is 2.22. The first-order valence-electron chi connectivity index (χ1n) is 7.45. The third-order valence-corrected chi connectivity index (χ3v) is 4.10. The van der Waals surface area contributed by atoms with E-state index in [0.717, 1.165) is 22.4 Å². The summed E-state index contributed by atoms with van der Waals surface area (Å²) in [6, 6.07) is 11.5. The molecule has 4 nitrogen and oxygen atoms in total. The summed E-state index contributed by atoms with van der Waals surface area (Å²) in [5.74, 6) is 0. The number of hydrogen-bond donors (Lipinski definition) is 0. The van der Waals surface area contributed by atoms with Gasteiger partial charge < -0.3 is 0 Å². The zero-order valence-corrected chi connectivity index (χ0v) is 13.6. The molecular weight excluding hydrogens is 288 g/mol. The van der Waals surface area contributed by atoms with Gasteiger partial charge in [0.25, 0.3) is 0 Å². The Morgan fingerprint density at radius 2 is 1.83 bits per heavy atom. The second-order valence-electron chi connectivity index (χ2n) is 5.53. The minimum atomic E-state index is 0.515. The minimum absolute atomic E-state index is 0.515. The Bertz CT molecular complexity index is 827. The van der Waals surface area contributed by atoms with Gasteiger partial charge in [0.05, 0.1) is 5.69 Å². The Hall–Kier alpha value is -2.80. The summed E-state index contributed by atoms with van der Waals surface area (Å²) < 4.78 is 1.57. The van der Waals surface area contributed by atoms with E-state index < -0.39 is 0 Å². The zero-order valence-electron chi connectivity index (χ0n) is 13.6. The molecule has 2 aromatic carbocycles. The molecule has 0 bridgehead atoms. The first kappa shape index (κ1) is 16.6. The van der Waals surface area contributed by atoms with Crippen LogP contribution in [0.5, 0.6) is 0 Å². The second kappa shape index (κ2) is 7.46. The smallest absolute Gasteiger partial charge is 0.211 e. The number of aliphatic imine (C=N–C) groups is 1. The van der Waals surface area contributed by atoms with Gasteiger partial charge in [-0.15, -0.1) is 4.58 Å². The molecular formula is C19H19N2O2+. The minimum Gasteiger partial charge on any atom is -0.211 e. The van der Waals surface area contributed by atoms with Crippen LogP contribution in [0.2, 0.25) is 0 Å². The first-order chi connectivity index (χ1) is 11.1. The van der Waals surface area contributed by atoms with E-state index in [1.165, 1.54) is 5.56 Å². The Morgan fingerprint density at radius 1 is 1.04 bits per heavy atom. The lowest BCUT2D eigenvalue weighted by Crippen LogP contribution is -2.10. The summed E-state index contributed by atoms with van der Waals surface area (Å²) in [6.07, 6.45) is 4.22.